The summed E-state index contributed by atoms with van der Waals surface area (Å²) in [6.07, 6.45) is 3.74. The molecule has 0 bridgehead atoms. The van der Waals surface area contributed by atoms with Gasteiger partial charge in [0.15, 0.2) is 0 Å². The Morgan fingerprint density at radius 2 is 1.91 bits per heavy atom. The fourth-order valence-corrected chi connectivity index (χ4v) is 2.74. The van der Waals surface area contributed by atoms with Crippen LogP contribution in [0.5, 0.6) is 0 Å². The van der Waals surface area contributed by atoms with E-state index in [1.165, 1.54) is 5.56 Å². The zero-order valence-corrected chi connectivity index (χ0v) is 13.2. The van der Waals surface area contributed by atoms with E-state index in [1.807, 2.05) is 32.0 Å². The van der Waals surface area contributed by atoms with Crippen molar-refractivity contribution in [2.45, 2.75) is 20.3 Å². The van der Waals surface area contributed by atoms with Crippen LogP contribution in [-0.2, 0) is 9.59 Å². The number of benzene rings is 1. The number of rotatable bonds is 3. The SMILES string of the molecule is Cc1ccc(N2CCC(C(=O)Nc3ccncc3)C2=O)cc1C. The van der Waals surface area contributed by atoms with Crippen molar-refractivity contribution < 1.29 is 9.59 Å². The first kappa shape index (κ1) is 15.2. The van der Waals surface area contributed by atoms with E-state index in [0.29, 0.717) is 18.7 Å². The monoisotopic (exact) mass is 309 g/mol. The van der Waals surface area contributed by atoms with Gasteiger partial charge in [-0.15, -0.1) is 0 Å². The van der Waals surface area contributed by atoms with Crippen LogP contribution in [0.25, 0.3) is 0 Å². The van der Waals surface area contributed by atoms with Gasteiger partial charge in [-0.25, -0.2) is 0 Å². The van der Waals surface area contributed by atoms with Crippen LogP contribution in [0.2, 0.25) is 0 Å². The van der Waals surface area contributed by atoms with Gasteiger partial charge in [0, 0.05) is 30.3 Å². The average Bonchev–Trinajstić information content (AvgIpc) is 2.93. The lowest BCUT2D eigenvalue weighted by molar-refractivity contribution is -0.129. The van der Waals surface area contributed by atoms with Gasteiger partial charge in [0.2, 0.25) is 11.8 Å². The molecule has 3 rings (SSSR count). The molecule has 1 aromatic heterocycles. The van der Waals surface area contributed by atoms with Crippen LogP contribution in [0.15, 0.2) is 42.7 Å². The third-order valence-corrected chi connectivity index (χ3v) is 4.27. The molecule has 1 aliphatic rings. The molecule has 1 atom stereocenters. The number of aromatic nitrogens is 1. The Hall–Kier alpha value is -2.69. The van der Waals surface area contributed by atoms with E-state index in [9.17, 15) is 9.59 Å². The number of carbonyl (C=O) groups is 2. The molecule has 1 N–H and O–H groups in total. The predicted molar refractivity (Wildman–Crippen MR) is 89.2 cm³/mol. The summed E-state index contributed by atoms with van der Waals surface area (Å²) in [5, 5.41) is 2.78. The Kier molecular flexibility index (Phi) is 4.10. The zero-order chi connectivity index (χ0) is 16.4. The maximum atomic E-state index is 12.6. The topological polar surface area (TPSA) is 62.3 Å². The van der Waals surface area contributed by atoms with Crippen molar-refractivity contribution in [1.82, 2.24) is 4.98 Å². The number of nitrogens with one attached hydrogen (secondary N) is 1. The summed E-state index contributed by atoms with van der Waals surface area (Å²) in [5.74, 6) is -1.03. The summed E-state index contributed by atoms with van der Waals surface area (Å²) in [6.45, 7) is 4.62. The zero-order valence-electron chi connectivity index (χ0n) is 13.2. The molecule has 1 aromatic carbocycles. The van der Waals surface area contributed by atoms with Crippen LogP contribution in [0, 0.1) is 19.8 Å². The van der Waals surface area contributed by atoms with Gasteiger partial charge in [0.1, 0.15) is 5.92 Å². The third-order valence-electron chi connectivity index (χ3n) is 4.27. The van der Waals surface area contributed by atoms with E-state index < -0.39 is 5.92 Å². The van der Waals surface area contributed by atoms with E-state index in [4.69, 9.17) is 0 Å². The maximum Gasteiger partial charge on any atom is 0.239 e. The largest absolute Gasteiger partial charge is 0.325 e. The molecule has 1 aliphatic heterocycles. The number of hydrogen-bond donors (Lipinski definition) is 1. The molecule has 1 unspecified atom stereocenters. The van der Waals surface area contributed by atoms with Crippen LogP contribution in [0.1, 0.15) is 17.5 Å². The van der Waals surface area contributed by atoms with E-state index in [-0.39, 0.29) is 11.8 Å². The Morgan fingerprint density at radius 1 is 1.17 bits per heavy atom. The fourth-order valence-electron chi connectivity index (χ4n) is 2.74. The van der Waals surface area contributed by atoms with Crippen LogP contribution in [0.4, 0.5) is 11.4 Å². The summed E-state index contributed by atoms with van der Waals surface area (Å²) < 4.78 is 0. The van der Waals surface area contributed by atoms with Crippen LogP contribution in [0.3, 0.4) is 0 Å². The highest BCUT2D eigenvalue weighted by Gasteiger charge is 2.37. The molecule has 0 saturated carbocycles. The van der Waals surface area contributed by atoms with Crippen molar-refractivity contribution in [2.75, 3.05) is 16.8 Å². The molecule has 2 amide bonds. The standard InChI is InChI=1S/C18H19N3O2/c1-12-3-4-15(11-13(12)2)21-10-7-16(18(21)23)17(22)20-14-5-8-19-9-6-14/h3-6,8-9,11,16H,7,10H2,1-2H3,(H,19,20,22). The van der Waals surface area contributed by atoms with Crippen molar-refractivity contribution in [2.24, 2.45) is 5.92 Å². The van der Waals surface area contributed by atoms with E-state index in [1.54, 1.807) is 29.4 Å². The molecule has 0 aliphatic carbocycles. The molecule has 5 nitrogen and oxygen atoms in total. The van der Waals surface area contributed by atoms with Crippen molar-refractivity contribution in [3.8, 4) is 0 Å². The predicted octanol–water partition coefficient (Wildman–Crippen LogP) is 2.69. The summed E-state index contributed by atoms with van der Waals surface area (Å²) >= 11 is 0. The van der Waals surface area contributed by atoms with Gasteiger partial charge < -0.3 is 10.2 Å². The Morgan fingerprint density at radius 3 is 2.61 bits per heavy atom. The summed E-state index contributed by atoms with van der Waals surface area (Å²) in [5.41, 5.74) is 3.84. The second kappa shape index (κ2) is 6.20. The first-order chi connectivity index (χ1) is 11.1. The highest BCUT2D eigenvalue weighted by atomic mass is 16.2. The number of nitrogens with zero attached hydrogens (tertiary/aromatic N) is 2. The van der Waals surface area contributed by atoms with Gasteiger partial charge in [-0.1, -0.05) is 6.07 Å². The number of carbonyl (C=O) groups excluding carboxylic acids is 2. The Balaban J connectivity index is 1.73. The Labute approximate surface area is 135 Å². The molecule has 118 valence electrons. The number of pyridine rings is 1. The van der Waals surface area contributed by atoms with E-state index in [2.05, 4.69) is 10.3 Å². The molecule has 0 spiro atoms. The summed E-state index contributed by atoms with van der Waals surface area (Å²) in [7, 11) is 0. The average molecular weight is 309 g/mol. The van der Waals surface area contributed by atoms with Gasteiger partial charge >= 0.3 is 0 Å². The molecule has 1 saturated heterocycles. The normalized spacial score (nSPS) is 17.4. The van der Waals surface area contributed by atoms with Crippen molar-refractivity contribution in [3.63, 3.8) is 0 Å². The molecule has 2 heterocycles. The van der Waals surface area contributed by atoms with Crippen molar-refractivity contribution in [1.29, 1.82) is 0 Å². The Bertz CT molecular complexity index is 743. The number of amides is 2. The van der Waals surface area contributed by atoms with Gasteiger partial charge in [-0.05, 0) is 55.7 Å². The van der Waals surface area contributed by atoms with Crippen LogP contribution < -0.4 is 10.2 Å². The highest BCUT2D eigenvalue weighted by Crippen LogP contribution is 2.27. The molecule has 23 heavy (non-hydrogen) atoms. The van der Waals surface area contributed by atoms with Gasteiger partial charge in [0.05, 0.1) is 0 Å². The van der Waals surface area contributed by atoms with Crippen molar-refractivity contribution >= 4 is 23.2 Å². The number of aryl methyl sites for hydroxylation is 2. The number of anilines is 2. The van der Waals surface area contributed by atoms with E-state index >= 15 is 0 Å². The lowest BCUT2D eigenvalue weighted by atomic mass is 10.1. The van der Waals surface area contributed by atoms with Crippen LogP contribution in [-0.4, -0.2) is 23.3 Å². The third kappa shape index (κ3) is 3.08. The molecule has 0 radical (unpaired) electrons. The van der Waals surface area contributed by atoms with Crippen LogP contribution >= 0.6 is 0 Å². The minimum atomic E-state index is -0.634. The lowest BCUT2D eigenvalue weighted by Crippen LogP contribution is -2.33. The second-order valence-corrected chi connectivity index (χ2v) is 5.82. The second-order valence-electron chi connectivity index (χ2n) is 5.82. The quantitative estimate of drug-likeness (QED) is 0.887. The molecule has 1 fully saturated rings. The van der Waals surface area contributed by atoms with E-state index in [0.717, 1.165) is 11.3 Å². The maximum absolute atomic E-state index is 12.6. The summed E-state index contributed by atoms with van der Waals surface area (Å²) in [6, 6.07) is 9.35. The smallest absolute Gasteiger partial charge is 0.239 e. The minimum Gasteiger partial charge on any atom is -0.325 e. The van der Waals surface area contributed by atoms with Crippen molar-refractivity contribution in [3.05, 3.63) is 53.9 Å². The molecule has 5 heteroatoms. The number of hydrogen-bond acceptors (Lipinski definition) is 3. The highest BCUT2D eigenvalue weighted by molar-refractivity contribution is 6.13. The van der Waals surface area contributed by atoms with Gasteiger partial charge in [-0.3, -0.25) is 14.6 Å². The molecule has 2 aromatic rings. The molecular weight excluding hydrogens is 290 g/mol. The van der Waals surface area contributed by atoms with Gasteiger partial charge in [0.25, 0.3) is 0 Å². The first-order valence-corrected chi connectivity index (χ1v) is 7.66. The minimum absolute atomic E-state index is 0.139. The lowest BCUT2D eigenvalue weighted by Gasteiger charge is -2.18. The fraction of sp³-hybridized carbons (Fsp3) is 0.278. The van der Waals surface area contributed by atoms with Gasteiger partial charge in [-0.2, -0.15) is 0 Å². The molecular formula is C18H19N3O2. The first-order valence-electron chi connectivity index (χ1n) is 7.66. The summed E-state index contributed by atoms with van der Waals surface area (Å²) in [4.78, 5) is 30.5.